The normalized spacial score (nSPS) is 10.5. The fourth-order valence-electron chi connectivity index (χ4n) is 2.41. The van der Waals surface area contributed by atoms with Crippen molar-refractivity contribution in [3.63, 3.8) is 0 Å². The lowest BCUT2D eigenvalue weighted by atomic mass is 10.0. The van der Waals surface area contributed by atoms with E-state index in [1.165, 1.54) is 12.1 Å². The van der Waals surface area contributed by atoms with Gasteiger partial charge in [-0.2, -0.15) is 0 Å². The number of amides is 1. The highest BCUT2D eigenvalue weighted by molar-refractivity contribution is 5.77. The van der Waals surface area contributed by atoms with Gasteiger partial charge in [0.15, 0.2) is 18.1 Å². The molecule has 2 rings (SSSR count). The molecule has 5 heteroatoms. The topological polar surface area (TPSA) is 78.8 Å². The van der Waals surface area contributed by atoms with Crippen molar-refractivity contribution < 1.29 is 19.7 Å². The van der Waals surface area contributed by atoms with Gasteiger partial charge in [0.25, 0.3) is 5.91 Å². The summed E-state index contributed by atoms with van der Waals surface area (Å²) in [5, 5.41) is 21.7. The van der Waals surface area contributed by atoms with Crippen LogP contribution in [-0.4, -0.2) is 29.3 Å². The van der Waals surface area contributed by atoms with E-state index in [1.807, 2.05) is 39.0 Å². The van der Waals surface area contributed by atoms with E-state index in [0.29, 0.717) is 18.7 Å². The molecule has 0 aliphatic carbocycles. The number of carbonyl (C=O) groups is 1. The number of hydrogen-bond acceptors (Lipinski definition) is 4. The van der Waals surface area contributed by atoms with Gasteiger partial charge < -0.3 is 20.3 Å². The molecule has 0 fully saturated rings. The number of ether oxygens (including phenoxy) is 1. The molecular weight excluding hydrogens is 306 g/mol. The summed E-state index contributed by atoms with van der Waals surface area (Å²) in [6.07, 6.45) is 0.564. The smallest absolute Gasteiger partial charge is 0.257 e. The second-order valence-corrected chi connectivity index (χ2v) is 5.85. The Labute approximate surface area is 141 Å². The van der Waals surface area contributed by atoms with Crippen molar-refractivity contribution >= 4 is 5.91 Å². The molecule has 1 amide bonds. The van der Waals surface area contributed by atoms with E-state index >= 15 is 0 Å². The number of phenolic OH excluding ortho intramolecular Hbond substituents is 2. The summed E-state index contributed by atoms with van der Waals surface area (Å²) >= 11 is 0. The van der Waals surface area contributed by atoms with Gasteiger partial charge in [0.1, 0.15) is 5.75 Å². The first kappa shape index (κ1) is 17.7. The maximum atomic E-state index is 11.9. The van der Waals surface area contributed by atoms with E-state index < -0.39 is 0 Å². The van der Waals surface area contributed by atoms with Crippen LogP contribution in [0.2, 0.25) is 0 Å². The summed E-state index contributed by atoms with van der Waals surface area (Å²) < 4.78 is 5.56. The Balaban J connectivity index is 1.82. The predicted molar refractivity (Wildman–Crippen MR) is 92.6 cm³/mol. The number of rotatable bonds is 6. The molecule has 0 unspecified atom stereocenters. The van der Waals surface area contributed by atoms with Crippen LogP contribution in [0.15, 0.2) is 30.3 Å². The van der Waals surface area contributed by atoms with E-state index in [-0.39, 0.29) is 24.0 Å². The average molecular weight is 329 g/mol. The fourth-order valence-corrected chi connectivity index (χ4v) is 2.41. The molecule has 128 valence electrons. The Hall–Kier alpha value is -2.69. The molecule has 0 aliphatic heterocycles. The second-order valence-electron chi connectivity index (χ2n) is 5.85. The molecule has 5 nitrogen and oxygen atoms in total. The molecule has 0 saturated heterocycles. The number of aryl methyl sites for hydroxylation is 2. The van der Waals surface area contributed by atoms with Gasteiger partial charge in [-0.3, -0.25) is 4.79 Å². The Morgan fingerprint density at radius 2 is 1.79 bits per heavy atom. The highest BCUT2D eigenvalue weighted by Crippen LogP contribution is 2.28. The van der Waals surface area contributed by atoms with Crippen molar-refractivity contribution in [2.45, 2.75) is 27.2 Å². The van der Waals surface area contributed by atoms with E-state index in [1.54, 1.807) is 0 Å². The van der Waals surface area contributed by atoms with Gasteiger partial charge in [-0.05, 0) is 67.6 Å². The summed E-state index contributed by atoms with van der Waals surface area (Å²) in [6.45, 7) is 6.20. The zero-order valence-corrected chi connectivity index (χ0v) is 14.2. The molecule has 0 aromatic heterocycles. The molecule has 2 aromatic carbocycles. The number of nitrogens with one attached hydrogen (secondary N) is 1. The standard InChI is InChI=1S/C19H23NO4/c1-12-5-4-6-18(14(12)3)24-11-19(23)20-8-7-15-10-17(22)16(21)9-13(15)2/h4-6,9-10,21-22H,7-8,11H2,1-3H3,(H,20,23). The van der Waals surface area contributed by atoms with Gasteiger partial charge in [-0.15, -0.1) is 0 Å². The van der Waals surface area contributed by atoms with E-state index in [0.717, 1.165) is 22.3 Å². The molecule has 0 atom stereocenters. The van der Waals surface area contributed by atoms with Crippen molar-refractivity contribution in [3.05, 3.63) is 52.6 Å². The Kier molecular flexibility index (Phi) is 5.68. The van der Waals surface area contributed by atoms with Crippen LogP contribution in [-0.2, 0) is 11.2 Å². The quantitative estimate of drug-likeness (QED) is 0.712. The summed E-state index contributed by atoms with van der Waals surface area (Å²) in [6, 6.07) is 8.77. The van der Waals surface area contributed by atoms with Gasteiger partial charge in [0.05, 0.1) is 0 Å². The summed E-state index contributed by atoms with van der Waals surface area (Å²) in [7, 11) is 0. The minimum atomic E-state index is -0.198. The van der Waals surface area contributed by atoms with Crippen molar-refractivity contribution in [2.24, 2.45) is 0 Å². The Bertz CT molecular complexity index is 740. The van der Waals surface area contributed by atoms with Crippen LogP contribution >= 0.6 is 0 Å². The molecular formula is C19H23NO4. The molecule has 0 radical (unpaired) electrons. The third-order valence-electron chi connectivity index (χ3n) is 4.06. The van der Waals surface area contributed by atoms with Crippen LogP contribution < -0.4 is 10.1 Å². The monoisotopic (exact) mass is 329 g/mol. The Morgan fingerprint density at radius 1 is 1.08 bits per heavy atom. The van der Waals surface area contributed by atoms with E-state index in [4.69, 9.17) is 4.74 Å². The number of carbonyl (C=O) groups excluding carboxylic acids is 1. The Morgan fingerprint density at radius 3 is 2.54 bits per heavy atom. The molecule has 0 aliphatic rings. The second kappa shape index (κ2) is 7.73. The molecule has 3 N–H and O–H groups in total. The highest BCUT2D eigenvalue weighted by atomic mass is 16.5. The van der Waals surface area contributed by atoms with Crippen molar-refractivity contribution in [2.75, 3.05) is 13.2 Å². The maximum Gasteiger partial charge on any atom is 0.257 e. The number of benzene rings is 2. The van der Waals surface area contributed by atoms with E-state index in [9.17, 15) is 15.0 Å². The van der Waals surface area contributed by atoms with Crippen LogP contribution in [0, 0.1) is 20.8 Å². The molecule has 24 heavy (non-hydrogen) atoms. The molecule has 0 spiro atoms. The van der Waals surface area contributed by atoms with Gasteiger partial charge in [-0.1, -0.05) is 12.1 Å². The number of aromatic hydroxyl groups is 2. The van der Waals surface area contributed by atoms with Crippen LogP contribution in [0.4, 0.5) is 0 Å². The third-order valence-corrected chi connectivity index (χ3v) is 4.06. The van der Waals surface area contributed by atoms with Crippen molar-refractivity contribution in [3.8, 4) is 17.2 Å². The van der Waals surface area contributed by atoms with E-state index in [2.05, 4.69) is 5.32 Å². The summed E-state index contributed by atoms with van der Waals surface area (Å²) in [4.78, 5) is 11.9. The highest BCUT2D eigenvalue weighted by Gasteiger charge is 2.08. The first-order valence-corrected chi connectivity index (χ1v) is 7.85. The molecule has 0 bridgehead atoms. The average Bonchev–Trinajstić information content (AvgIpc) is 2.53. The van der Waals surface area contributed by atoms with Crippen molar-refractivity contribution in [1.29, 1.82) is 0 Å². The van der Waals surface area contributed by atoms with Crippen LogP contribution in [0.25, 0.3) is 0 Å². The summed E-state index contributed by atoms with van der Waals surface area (Å²) in [5.41, 5.74) is 3.89. The fraction of sp³-hybridized carbons (Fsp3) is 0.316. The maximum absolute atomic E-state index is 11.9. The zero-order chi connectivity index (χ0) is 17.7. The summed E-state index contributed by atoms with van der Waals surface area (Å²) in [5.74, 6) is 0.225. The zero-order valence-electron chi connectivity index (χ0n) is 14.2. The van der Waals surface area contributed by atoms with Gasteiger partial charge >= 0.3 is 0 Å². The SMILES string of the molecule is Cc1cc(O)c(O)cc1CCNC(=O)COc1cccc(C)c1C. The first-order chi connectivity index (χ1) is 11.4. The lowest BCUT2D eigenvalue weighted by Crippen LogP contribution is -2.30. The van der Waals surface area contributed by atoms with Gasteiger partial charge in [-0.25, -0.2) is 0 Å². The molecule has 0 saturated carbocycles. The lowest BCUT2D eigenvalue weighted by molar-refractivity contribution is -0.123. The van der Waals surface area contributed by atoms with Gasteiger partial charge in [0.2, 0.25) is 0 Å². The largest absolute Gasteiger partial charge is 0.504 e. The van der Waals surface area contributed by atoms with Crippen LogP contribution in [0.3, 0.4) is 0 Å². The minimum absolute atomic E-state index is 0.0376. The molecule has 2 aromatic rings. The van der Waals surface area contributed by atoms with Crippen LogP contribution in [0.1, 0.15) is 22.3 Å². The van der Waals surface area contributed by atoms with Crippen LogP contribution in [0.5, 0.6) is 17.2 Å². The molecule has 0 heterocycles. The minimum Gasteiger partial charge on any atom is -0.504 e. The lowest BCUT2D eigenvalue weighted by Gasteiger charge is -2.12. The van der Waals surface area contributed by atoms with Crippen molar-refractivity contribution in [1.82, 2.24) is 5.32 Å². The van der Waals surface area contributed by atoms with Gasteiger partial charge in [0, 0.05) is 6.54 Å². The number of phenols is 2. The predicted octanol–water partition coefficient (Wildman–Crippen LogP) is 2.76. The third kappa shape index (κ3) is 4.41. The first-order valence-electron chi connectivity index (χ1n) is 7.85. The number of hydrogen-bond donors (Lipinski definition) is 3.